The zero-order valence-corrected chi connectivity index (χ0v) is 17.4. The quantitative estimate of drug-likeness (QED) is 0.568. The minimum absolute atomic E-state index is 0.0272. The van der Waals surface area contributed by atoms with Crippen LogP contribution in [0.2, 0.25) is 0 Å². The van der Waals surface area contributed by atoms with Gasteiger partial charge in [-0.05, 0) is 35.2 Å². The fourth-order valence-corrected chi connectivity index (χ4v) is 4.02. The first-order valence-corrected chi connectivity index (χ1v) is 10.1. The van der Waals surface area contributed by atoms with E-state index < -0.39 is 36.0 Å². The second kappa shape index (κ2) is 8.61. The van der Waals surface area contributed by atoms with E-state index in [1.54, 1.807) is 0 Å². The zero-order valence-electron chi connectivity index (χ0n) is 17.4. The number of rotatable bonds is 6. The molecule has 0 saturated carbocycles. The van der Waals surface area contributed by atoms with Crippen LogP contribution in [-0.4, -0.2) is 39.6 Å². The van der Waals surface area contributed by atoms with Crippen molar-refractivity contribution in [3.05, 3.63) is 77.6 Å². The lowest BCUT2D eigenvalue weighted by molar-refractivity contribution is -0.141. The standard InChI is InChI=1S/C23H20F3N3O4/c1-13(29-11-10-19(28-29)23(24,25)26)20(21(30)31)27-22(32)33-12-18-16-8-4-2-6-14(16)15-7-3-5-9-17(15)18/h2-11,13,18,20H,12H2,1H3,(H,27,32)(H,30,31). The molecule has 0 spiro atoms. The van der Waals surface area contributed by atoms with E-state index in [-0.39, 0.29) is 12.5 Å². The number of hydrogen-bond acceptors (Lipinski definition) is 4. The van der Waals surface area contributed by atoms with Gasteiger partial charge in [0.15, 0.2) is 11.7 Å². The molecule has 0 saturated heterocycles. The van der Waals surface area contributed by atoms with Crippen LogP contribution in [0.15, 0.2) is 60.8 Å². The second-order valence-electron chi connectivity index (χ2n) is 7.71. The van der Waals surface area contributed by atoms with Crippen LogP contribution in [0.3, 0.4) is 0 Å². The van der Waals surface area contributed by atoms with Gasteiger partial charge in [-0.15, -0.1) is 0 Å². The Bertz CT molecular complexity index is 1150. The monoisotopic (exact) mass is 459 g/mol. The number of nitrogens with zero attached hydrogens (tertiary/aromatic N) is 2. The molecule has 1 heterocycles. The first-order valence-electron chi connectivity index (χ1n) is 10.1. The molecule has 2 aromatic carbocycles. The van der Waals surface area contributed by atoms with E-state index >= 15 is 0 Å². The SMILES string of the molecule is CC(C(NC(=O)OCC1c2ccccc2-c2ccccc21)C(=O)O)n1ccc(C(F)(F)F)n1. The molecule has 1 aliphatic rings. The van der Waals surface area contributed by atoms with E-state index in [9.17, 15) is 27.9 Å². The number of amides is 1. The number of alkyl carbamates (subject to hydrolysis) is 1. The van der Waals surface area contributed by atoms with Crippen molar-refractivity contribution in [2.75, 3.05) is 6.61 Å². The van der Waals surface area contributed by atoms with Crippen LogP contribution in [0.4, 0.5) is 18.0 Å². The Labute approximate surface area is 186 Å². The highest BCUT2D eigenvalue weighted by Crippen LogP contribution is 2.44. The van der Waals surface area contributed by atoms with Crippen LogP contribution >= 0.6 is 0 Å². The number of benzene rings is 2. The number of carboxylic acid groups (broad SMARTS) is 1. The normalized spacial score (nSPS) is 14.8. The number of nitrogens with one attached hydrogen (secondary N) is 1. The Balaban J connectivity index is 1.45. The van der Waals surface area contributed by atoms with Crippen molar-refractivity contribution in [2.24, 2.45) is 0 Å². The van der Waals surface area contributed by atoms with E-state index in [4.69, 9.17) is 4.74 Å². The van der Waals surface area contributed by atoms with Gasteiger partial charge in [0.2, 0.25) is 0 Å². The lowest BCUT2D eigenvalue weighted by atomic mass is 9.98. The molecule has 172 valence electrons. The third kappa shape index (κ3) is 4.41. The van der Waals surface area contributed by atoms with Gasteiger partial charge in [0.1, 0.15) is 6.61 Å². The van der Waals surface area contributed by atoms with Crippen LogP contribution in [-0.2, 0) is 15.7 Å². The fraction of sp³-hybridized carbons (Fsp3) is 0.261. The number of aromatic nitrogens is 2. The van der Waals surface area contributed by atoms with Gasteiger partial charge >= 0.3 is 18.2 Å². The molecular weight excluding hydrogens is 439 g/mol. The molecule has 33 heavy (non-hydrogen) atoms. The molecule has 0 aliphatic heterocycles. The van der Waals surface area contributed by atoms with Crippen LogP contribution in [0, 0.1) is 0 Å². The maximum absolute atomic E-state index is 12.8. The largest absolute Gasteiger partial charge is 0.480 e. The molecule has 1 amide bonds. The first kappa shape index (κ1) is 22.4. The first-order chi connectivity index (χ1) is 15.7. The summed E-state index contributed by atoms with van der Waals surface area (Å²) in [5.41, 5.74) is 2.91. The van der Waals surface area contributed by atoms with Gasteiger partial charge in [0, 0.05) is 12.1 Å². The number of hydrogen-bond donors (Lipinski definition) is 2. The number of carboxylic acids is 1. The smallest absolute Gasteiger partial charge is 0.435 e. The van der Waals surface area contributed by atoms with Crippen LogP contribution < -0.4 is 5.32 Å². The van der Waals surface area contributed by atoms with Gasteiger partial charge in [-0.2, -0.15) is 18.3 Å². The molecule has 10 heteroatoms. The predicted molar refractivity (Wildman–Crippen MR) is 112 cm³/mol. The summed E-state index contributed by atoms with van der Waals surface area (Å²) in [6.45, 7) is 1.32. The van der Waals surface area contributed by atoms with Crippen molar-refractivity contribution in [2.45, 2.75) is 31.1 Å². The summed E-state index contributed by atoms with van der Waals surface area (Å²) in [4.78, 5) is 24.1. The van der Waals surface area contributed by atoms with E-state index in [0.717, 1.165) is 39.2 Å². The van der Waals surface area contributed by atoms with Gasteiger partial charge < -0.3 is 15.2 Å². The molecular formula is C23H20F3N3O4. The number of aliphatic carboxylic acids is 1. The molecule has 1 aliphatic carbocycles. The van der Waals surface area contributed by atoms with Gasteiger partial charge in [-0.25, -0.2) is 9.59 Å². The van der Waals surface area contributed by atoms with Gasteiger partial charge in [-0.3, -0.25) is 4.68 Å². The van der Waals surface area contributed by atoms with Crippen LogP contribution in [0.1, 0.15) is 35.7 Å². The molecule has 2 N–H and O–H groups in total. The number of carbonyl (C=O) groups is 2. The minimum atomic E-state index is -4.66. The maximum Gasteiger partial charge on any atom is 0.435 e. The lowest BCUT2D eigenvalue weighted by Gasteiger charge is -2.22. The molecule has 3 aromatic rings. The Hall–Kier alpha value is -3.82. The number of carbonyl (C=O) groups excluding carboxylic acids is 1. The van der Waals surface area contributed by atoms with Crippen molar-refractivity contribution in [1.82, 2.24) is 15.1 Å². The summed E-state index contributed by atoms with van der Waals surface area (Å²) in [6.07, 6.45) is -4.63. The Morgan fingerprint density at radius 3 is 2.18 bits per heavy atom. The highest BCUT2D eigenvalue weighted by Gasteiger charge is 2.36. The highest BCUT2D eigenvalue weighted by atomic mass is 19.4. The summed E-state index contributed by atoms with van der Waals surface area (Å²) < 4.78 is 44.6. The third-order valence-corrected chi connectivity index (χ3v) is 5.68. The van der Waals surface area contributed by atoms with E-state index in [2.05, 4.69) is 10.4 Å². The lowest BCUT2D eigenvalue weighted by Crippen LogP contribution is -2.46. The molecule has 0 radical (unpaired) electrons. The van der Waals surface area contributed by atoms with Crippen molar-refractivity contribution in [3.63, 3.8) is 0 Å². The number of ether oxygens (including phenoxy) is 1. The van der Waals surface area contributed by atoms with Crippen LogP contribution in [0.25, 0.3) is 11.1 Å². The van der Waals surface area contributed by atoms with Gasteiger partial charge in [0.25, 0.3) is 0 Å². The molecule has 4 rings (SSSR count). The Kier molecular flexibility index (Phi) is 5.84. The number of halogens is 3. The molecule has 0 bridgehead atoms. The summed E-state index contributed by atoms with van der Waals surface area (Å²) in [6, 6.07) is 13.6. The van der Waals surface area contributed by atoms with E-state index in [0.29, 0.717) is 0 Å². The predicted octanol–water partition coefficient (Wildman–Crippen LogP) is 4.45. The van der Waals surface area contributed by atoms with E-state index in [1.807, 2.05) is 48.5 Å². The Morgan fingerprint density at radius 2 is 1.67 bits per heavy atom. The Morgan fingerprint density at radius 1 is 1.09 bits per heavy atom. The second-order valence-corrected chi connectivity index (χ2v) is 7.71. The summed E-state index contributed by atoms with van der Waals surface area (Å²) in [5, 5.41) is 15.1. The van der Waals surface area contributed by atoms with Crippen molar-refractivity contribution in [1.29, 1.82) is 0 Å². The fourth-order valence-electron chi connectivity index (χ4n) is 4.02. The molecule has 7 nitrogen and oxygen atoms in total. The molecule has 0 fully saturated rings. The summed E-state index contributed by atoms with van der Waals surface area (Å²) in [7, 11) is 0. The highest BCUT2D eigenvalue weighted by molar-refractivity contribution is 5.81. The van der Waals surface area contributed by atoms with Crippen molar-refractivity contribution in [3.8, 4) is 11.1 Å². The number of fused-ring (bicyclic) bond motifs is 3. The van der Waals surface area contributed by atoms with Gasteiger partial charge in [0.05, 0.1) is 6.04 Å². The summed E-state index contributed by atoms with van der Waals surface area (Å²) in [5.74, 6) is -1.65. The molecule has 2 unspecified atom stereocenters. The third-order valence-electron chi connectivity index (χ3n) is 5.68. The zero-order chi connectivity index (χ0) is 23.8. The molecule has 1 aromatic heterocycles. The maximum atomic E-state index is 12.8. The van der Waals surface area contributed by atoms with E-state index in [1.165, 1.54) is 6.92 Å². The van der Waals surface area contributed by atoms with Crippen molar-refractivity contribution < 1.29 is 32.6 Å². The molecule has 2 atom stereocenters. The topological polar surface area (TPSA) is 93.5 Å². The van der Waals surface area contributed by atoms with Crippen molar-refractivity contribution >= 4 is 12.1 Å². The van der Waals surface area contributed by atoms with Crippen LogP contribution in [0.5, 0.6) is 0 Å². The van der Waals surface area contributed by atoms with Gasteiger partial charge in [-0.1, -0.05) is 48.5 Å². The average molecular weight is 459 g/mol. The number of alkyl halides is 3. The average Bonchev–Trinajstić information content (AvgIpc) is 3.39. The minimum Gasteiger partial charge on any atom is -0.480 e. The summed E-state index contributed by atoms with van der Waals surface area (Å²) >= 11 is 0.